The van der Waals surface area contributed by atoms with E-state index >= 15 is 0 Å². The molecule has 0 aliphatic rings. The van der Waals surface area contributed by atoms with Crippen LogP contribution >= 0.6 is 0 Å². The van der Waals surface area contributed by atoms with E-state index in [0.29, 0.717) is 6.42 Å². The second-order valence-corrected chi connectivity index (χ2v) is 5.30. The quantitative estimate of drug-likeness (QED) is 0.692. The van der Waals surface area contributed by atoms with Gasteiger partial charge in [-0.15, -0.1) is 0 Å². The van der Waals surface area contributed by atoms with E-state index in [2.05, 4.69) is 72.5 Å². The number of benzene rings is 3. The summed E-state index contributed by atoms with van der Waals surface area (Å²) in [5, 5.41) is 8.74. The predicted octanol–water partition coefficient (Wildman–Crippen LogP) is 4.75. The summed E-state index contributed by atoms with van der Waals surface area (Å²) in [6, 6.07) is 27.2. The van der Waals surface area contributed by atoms with Crippen molar-refractivity contribution in [1.82, 2.24) is 0 Å². The van der Waals surface area contributed by atoms with Crippen molar-refractivity contribution in [2.75, 3.05) is 6.61 Å². The molecule has 3 rings (SSSR count). The summed E-state index contributed by atoms with van der Waals surface area (Å²) in [6.45, 7) is 0.110. The number of hydrogen-bond acceptors (Lipinski definition) is 1. The van der Waals surface area contributed by atoms with Crippen molar-refractivity contribution in [2.45, 2.75) is 6.42 Å². The van der Waals surface area contributed by atoms with Crippen LogP contribution in [0.5, 0.6) is 0 Å². The van der Waals surface area contributed by atoms with Gasteiger partial charge in [0.25, 0.3) is 0 Å². The third-order valence-electron chi connectivity index (χ3n) is 3.68. The van der Waals surface area contributed by atoms with E-state index in [-0.39, 0.29) is 6.61 Å². The zero-order valence-electron chi connectivity index (χ0n) is 12.9. The molecule has 0 radical (unpaired) electrons. The summed E-state index contributed by atoms with van der Waals surface area (Å²) in [4.78, 5) is 0. The molecule has 112 valence electrons. The lowest BCUT2D eigenvalue weighted by Crippen LogP contribution is -1.82. The molecule has 0 bridgehead atoms. The summed E-state index contributed by atoms with van der Waals surface area (Å²) in [5.41, 5.74) is 5.80. The minimum atomic E-state index is 0.110. The van der Waals surface area contributed by atoms with E-state index in [1.807, 2.05) is 18.2 Å². The highest BCUT2D eigenvalue weighted by molar-refractivity contribution is 5.70. The van der Waals surface area contributed by atoms with Crippen LogP contribution in [0.4, 0.5) is 0 Å². The van der Waals surface area contributed by atoms with Gasteiger partial charge in [0.05, 0.1) is 6.61 Å². The minimum absolute atomic E-state index is 0.110. The van der Waals surface area contributed by atoms with Gasteiger partial charge in [0.2, 0.25) is 0 Å². The van der Waals surface area contributed by atoms with Crippen LogP contribution in [0.25, 0.3) is 22.3 Å². The van der Waals surface area contributed by atoms with Crippen molar-refractivity contribution in [3.8, 4) is 34.1 Å². The molecular weight excluding hydrogens is 280 g/mol. The molecule has 0 amide bonds. The normalized spacial score (nSPS) is 9.96. The molecule has 0 fully saturated rings. The van der Waals surface area contributed by atoms with Gasteiger partial charge in [-0.1, -0.05) is 78.6 Å². The van der Waals surface area contributed by atoms with Gasteiger partial charge in [0, 0.05) is 12.0 Å². The fourth-order valence-electron chi connectivity index (χ4n) is 2.45. The topological polar surface area (TPSA) is 20.2 Å². The van der Waals surface area contributed by atoms with Crippen LogP contribution in [0.2, 0.25) is 0 Å². The zero-order chi connectivity index (χ0) is 15.9. The molecule has 0 saturated carbocycles. The highest BCUT2D eigenvalue weighted by atomic mass is 16.2. The van der Waals surface area contributed by atoms with E-state index in [9.17, 15) is 0 Å². The molecule has 0 atom stereocenters. The summed E-state index contributed by atoms with van der Waals surface area (Å²) in [7, 11) is 0. The van der Waals surface area contributed by atoms with Crippen LogP contribution in [0.1, 0.15) is 12.0 Å². The monoisotopic (exact) mass is 298 g/mol. The highest BCUT2D eigenvalue weighted by Crippen LogP contribution is 2.24. The van der Waals surface area contributed by atoms with Crippen LogP contribution in [-0.4, -0.2) is 11.7 Å². The van der Waals surface area contributed by atoms with E-state index in [1.165, 1.54) is 22.3 Å². The minimum Gasteiger partial charge on any atom is -0.395 e. The Morgan fingerprint density at radius 1 is 0.609 bits per heavy atom. The van der Waals surface area contributed by atoms with Gasteiger partial charge in [0.1, 0.15) is 0 Å². The van der Waals surface area contributed by atoms with E-state index in [4.69, 9.17) is 5.11 Å². The second-order valence-electron chi connectivity index (χ2n) is 5.30. The highest BCUT2D eigenvalue weighted by Gasteiger charge is 2.00. The molecule has 0 heterocycles. The maximum atomic E-state index is 8.74. The van der Waals surface area contributed by atoms with E-state index < -0.39 is 0 Å². The van der Waals surface area contributed by atoms with Crippen molar-refractivity contribution in [2.24, 2.45) is 0 Å². The Kier molecular flexibility index (Phi) is 4.88. The maximum Gasteiger partial charge on any atom is 0.0540 e. The van der Waals surface area contributed by atoms with Gasteiger partial charge >= 0.3 is 0 Å². The molecule has 0 aromatic heterocycles. The largest absolute Gasteiger partial charge is 0.395 e. The Labute approximate surface area is 137 Å². The molecular formula is C22H18O. The maximum absolute atomic E-state index is 8.74. The smallest absolute Gasteiger partial charge is 0.0540 e. The van der Waals surface area contributed by atoms with Crippen molar-refractivity contribution >= 4 is 0 Å². The molecule has 0 saturated heterocycles. The number of rotatable bonds is 3. The SMILES string of the molecule is OCCC#Cc1ccc(-c2ccc(-c3ccccc3)cc2)cc1. The van der Waals surface area contributed by atoms with Crippen LogP contribution < -0.4 is 0 Å². The molecule has 1 heteroatoms. The van der Waals surface area contributed by atoms with E-state index in [1.54, 1.807) is 0 Å². The third-order valence-corrected chi connectivity index (χ3v) is 3.68. The van der Waals surface area contributed by atoms with Gasteiger partial charge in [-0.3, -0.25) is 0 Å². The van der Waals surface area contributed by atoms with Crippen molar-refractivity contribution < 1.29 is 5.11 Å². The third kappa shape index (κ3) is 3.88. The first-order valence-electron chi connectivity index (χ1n) is 7.72. The Morgan fingerprint density at radius 3 is 1.61 bits per heavy atom. The first-order valence-corrected chi connectivity index (χ1v) is 7.72. The van der Waals surface area contributed by atoms with Crippen LogP contribution in [0.3, 0.4) is 0 Å². The predicted molar refractivity (Wildman–Crippen MR) is 95.9 cm³/mol. The first-order chi connectivity index (χ1) is 11.4. The molecule has 1 nitrogen and oxygen atoms in total. The van der Waals surface area contributed by atoms with Crippen LogP contribution in [-0.2, 0) is 0 Å². The van der Waals surface area contributed by atoms with Gasteiger partial charge in [-0.05, 0) is 34.4 Å². The van der Waals surface area contributed by atoms with Gasteiger partial charge in [0.15, 0.2) is 0 Å². The summed E-state index contributed by atoms with van der Waals surface area (Å²) in [5.74, 6) is 5.98. The number of hydrogen-bond donors (Lipinski definition) is 1. The van der Waals surface area contributed by atoms with Crippen LogP contribution in [0.15, 0.2) is 78.9 Å². The second kappa shape index (κ2) is 7.45. The summed E-state index contributed by atoms with van der Waals surface area (Å²) < 4.78 is 0. The molecule has 0 aliphatic carbocycles. The average molecular weight is 298 g/mol. The fourth-order valence-corrected chi connectivity index (χ4v) is 2.45. The lowest BCUT2D eigenvalue weighted by atomic mass is 10.00. The summed E-state index contributed by atoms with van der Waals surface area (Å²) in [6.07, 6.45) is 0.517. The average Bonchev–Trinajstić information content (AvgIpc) is 2.63. The Bertz CT molecular complexity index is 804. The van der Waals surface area contributed by atoms with Gasteiger partial charge < -0.3 is 5.11 Å². The standard InChI is InChI=1S/C22H18O/c23-17-5-4-6-18-9-11-20(12-10-18)22-15-13-21(14-16-22)19-7-2-1-3-8-19/h1-3,7-16,23H,5,17H2. The van der Waals surface area contributed by atoms with Crippen molar-refractivity contribution in [1.29, 1.82) is 0 Å². The van der Waals surface area contributed by atoms with Crippen molar-refractivity contribution in [3.63, 3.8) is 0 Å². The number of aliphatic hydroxyl groups is 1. The molecule has 1 N–H and O–H groups in total. The van der Waals surface area contributed by atoms with Gasteiger partial charge in [-0.25, -0.2) is 0 Å². The Balaban J connectivity index is 1.79. The zero-order valence-corrected chi connectivity index (χ0v) is 12.9. The molecule has 0 unspecified atom stereocenters. The van der Waals surface area contributed by atoms with Crippen molar-refractivity contribution in [3.05, 3.63) is 84.4 Å². The molecule has 3 aromatic carbocycles. The lowest BCUT2D eigenvalue weighted by molar-refractivity contribution is 0.305. The summed E-state index contributed by atoms with van der Waals surface area (Å²) >= 11 is 0. The van der Waals surface area contributed by atoms with E-state index in [0.717, 1.165) is 5.56 Å². The molecule has 0 spiro atoms. The molecule has 3 aromatic rings. The Hall–Kier alpha value is -2.82. The lowest BCUT2D eigenvalue weighted by Gasteiger charge is -2.05. The van der Waals surface area contributed by atoms with Crippen LogP contribution in [0, 0.1) is 11.8 Å². The Morgan fingerprint density at radius 2 is 1.09 bits per heavy atom. The number of aliphatic hydroxyl groups excluding tert-OH is 1. The molecule has 0 aliphatic heterocycles. The first kappa shape index (κ1) is 15.1. The van der Waals surface area contributed by atoms with Gasteiger partial charge in [-0.2, -0.15) is 0 Å². The molecule has 23 heavy (non-hydrogen) atoms. The fraction of sp³-hybridized carbons (Fsp3) is 0.0909.